The number of primary amides is 1. The number of methoxy groups -OCH3 is 1. The molecule has 0 spiro atoms. The van der Waals surface area contributed by atoms with Crippen LogP contribution < -0.4 is 21.1 Å². The Morgan fingerprint density at radius 3 is 2.61 bits per heavy atom. The van der Waals surface area contributed by atoms with Gasteiger partial charge in [0.15, 0.2) is 0 Å². The second-order valence-electron chi connectivity index (χ2n) is 3.72. The molecule has 0 radical (unpaired) electrons. The Hall–Kier alpha value is -2.12. The van der Waals surface area contributed by atoms with E-state index in [-0.39, 0.29) is 24.4 Å². The SMILES string of the molecule is CCNc1nc(NC(C)CC(N)=O)nc(OC)n1. The van der Waals surface area contributed by atoms with Crippen molar-refractivity contribution in [2.45, 2.75) is 26.3 Å². The lowest BCUT2D eigenvalue weighted by Gasteiger charge is -2.13. The number of carbonyl (C=O) groups is 1. The van der Waals surface area contributed by atoms with E-state index < -0.39 is 0 Å². The molecule has 0 aliphatic heterocycles. The molecule has 8 heteroatoms. The van der Waals surface area contributed by atoms with Crippen LogP contribution in [0.3, 0.4) is 0 Å². The molecule has 4 N–H and O–H groups in total. The first-order valence-corrected chi connectivity index (χ1v) is 5.64. The lowest BCUT2D eigenvalue weighted by atomic mass is 10.2. The molecule has 1 atom stereocenters. The lowest BCUT2D eigenvalue weighted by Crippen LogP contribution is -2.25. The van der Waals surface area contributed by atoms with Crippen molar-refractivity contribution in [3.8, 4) is 6.01 Å². The van der Waals surface area contributed by atoms with E-state index in [1.807, 2.05) is 13.8 Å². The Kier molecular flexibility index (Phi) is 5.09. The highest BCUT2D eigenvalue weighted by Gasteiger charge is 2.10. The van der Waals surface area contributed by atoms with Crippen LogP contribution in [0.1, 0.15) is 20.3 Å². The summed E-state index contributed by atoms with van der Waals surface area (Å²) in [5.41, 5.74) is 5.11. The van der Waals surface area contributed by atoms with E-state index in [1.165, 1.54) is 7.11 Å². The smallest absolute Gasteiger partial charge is 0.322 e. The number of carbonyl (C=O) groups excluding carboxylic acids is 1. The fourth-order valence-electron chi connectivity index (χ4n) is 1.32. The molecule has 0 aliphatic rings. The van der Waals surface area contributed by atoms with Crippen molar-refractivity contribution in [3.63, 3.8) is 0 Å². The minimum Gasteiger partial charge on any atom is -0.467 e. The maximum atomic E-state index is 10.8. The third-order valence-corrected chi connectivity index (χ3v) is 2.02. The van der Waals surface area contributed by atoms with Crippen LogP contribution in [-0.2, 0) is 4.79 Å². The van der Waals surface area contributed by atoms with Gasteiger partial charge in [0.25, 0.3) is 0 Å². The first kappa shape index (κ1) is 13.9. The van der Waals surface area contributed by atoms with E-state index in [9.17, 15) is 4.79 Å². The normalized spacial score (nSPS) is 11.7. The van der Waals surface area contributed by atoms with Crippen molar-refractivity contribution in [3.05, 3.63) is 0 Å². The highest BCUT2D eigenvalue weighted by Crippen LogP contribution is 2.11. The predicted octanol–water partition coefficient (Wildman–Crippen LogP) is -0.0122. The Bertz CT molecular complexity index is 411. The topological polar surface area (TPSA) is 115 Å². The Morgan fingerprint density at radius 1 is 1.39 bits per heavy atom. The molecule has 0 bridgehead atoms. The van der Waals surface area contributed by atoms with Gasteiger partial charge in [-0.1, -0.05) is 0 Å². The van der Waals surface area contributed by atoms with Crippen molar-refractivity contribution in [2.75, 3.05) is 24.3 Å². The molecule has 1 rings (SSSR count). The molecule has 18 heavy (non-hydrogen) atoms. The van der Waals surface area contributed by atoms with Gasteiger partial charge in [0.05, 0.1) is 7.11 Å². The summed E-state index contributed by atoms with van der Waals surface area (Å²) in [5, 5.41) is 5.93. The van der Waals surface area contributed by atoms with E-state index in [2.05, 4.69) is 25.6 Å². The fourth-order valence-corrected chi connectivity index (χ4v) is 1.32. The second-order valence-corrected chi connectivity index (χ2v) is 3.72. The van der Waals surface area contributed by atoms with Crippen LogP contribution in [0.15, 0.2) is 0 Å². The zero-order chi connectivity index (χ0) is 13.5. The molecule has 1 unspecified atom stereocenters. The minimum absolute atomic E-state index is 0.163. The highest BCUT2D eigenvalue weighted by molar-refractivity contribution is 5.74. The Morgan fingerprint density at radius 2 is 2.06 bits per heavy atom. The van der Waals surface area contributed by atoms with Crippen LogP contribution in [0.2, 0.25) is 0 Å². The van der Waals surface area contributed by atoms with Crippen molar-refractivity contribution < 1.29 is 9.53 Å². The Balaban J connectivity index is 2.80. The zero-order valence-corrected chi connectivity index (χ0v) is 10.7. The summed E-state index contributed by atoms with van der Waals surface area (Å²) < 4.78 is 4.97. The van der Waals surface area contributed by atoms with Gasteiger partial charge in [0.2, 0.25) is 17.8 Å². The molecular formula is C10H18N6O2. The third-order valence-electron chi connectivity index (χ3n) is 2.02. The van der Waals surface area contributed by atoms with Gasteiger partial charge in [-0.3, -0.25) is 4.79 Å². The van der Waals surface area contributed by atoms with Crippen molar-refractivity contribution >= 4 is 17.8 Å². The highest BCUT2D eigenvalue weighted by atomic mass is 16.5. The van der Waals surface area contributed by atoms with Gasteiger partial charge < -0.3 is 21.1 Å². The van der Waals surface area contributed by atoms with Gasteiger partial charge in [0.1, 0.15) is 0 Å². The van der Waals surface area contributed by atoms with Gasteiger partial charge in [-0.2, -0.15) is 15.0 Å². The molecule has 0 fully saturated rings. The lowest BCUT2D eigenvalue weighted by molar-refractivity contribution is -0.118. The number of nitrogens with zero attached hydrogens (tertiary/aromatic N) is 3. The average molecular weight is 254 g/mol. The van der Waals surface area contributed by atoms with Gasteiger partial charge in [-0.25, -0.2) is 0 Å². The van der Waals surface area contributed by atoms with E-state index in [0.29, 0.717) is 18.4 Å². The van der Waals surface area contributed by atoms with Crippen LogP contribution in [0, 0.1) is 0 Å². The summed E-state index contributed by atoms with van der Waals surface area (Å²) in [5.74, 6) is 0.368. The monoisotopic (exact) mass is 254 g/mol. The number of rotatable bonds is 7. The largest absolute Gasteiger partial charge is 0.467 e. The molecule has 1 aromatic rings. The molecule has 1 aromatic heterocycles. The molecule has 1 amide bonds. The fraction of sp³-hybridized carbons (Fsp3) is 0.600. The molecular weight excluding hydrogens is 236 g/mol. The molecule has 8 nitrogen and oxygen atoms in total. The number of amides is 1. The van der Waals surface area contributed by atoms with E-state index in [0.717, 1.165) is 0 Å². The first-order chi connectivity index (χ1) is 8.55. The minimum atomic E-state index is -0.386. The van der Waals surface area contributed by atoms with Crippen LogP contribution in [0.25, 0.3) is 0 Å². The summed E-state index contributed by atoms with van der Waals surface area (Å²) in [7, 11) is 1.47. The second kappa shape index (κ2) is 6.58. The predicted molar refractivity (Wildman–Crippen MR) is 67.4 cm³/mol. The standard InChI is InChI=1S/C10H18N6O2/c1-4-12-8-14-9(16-10(15-8)18-3)13-6(2)5-7(11)17/h6H,4-5H2,1-3H3,(H2,11,17)(H2,12,13,14,15,16). The van der Waals surface area contributed by atoms with Crippen LogP contribution in [0.4, 0.5) is 11.9 Å². The summed E-state index contributed by atoms with van der Waals surface area (Å²) in [4.78, 5) is 23.0. The number of anilines is 2. The average Bonchev–Trinajstić information content (AvgIpc) is 2.27. The number of nitrogens with two attached hydrogens (primary N) is 1. The number of aromatic nitrogens is 3. The van der Waals surface area contributed by atoms with E-state index in [1.54, 1.807) is 0 Å². The number of ether oxygens (including phenoxy) is 1. The maximum Gasteiger partial charge on any atom is 0.322 e. The Labute approximate surface area is 105 Å². The van der Waals surface area contributed by atoms with E-state index in [4.69, 9.17) is 10.5 Å². The number of hydrogen-bond donors (Lipinski definition) is 3. The first-order valence-electron chi connectivity index (χ1n) is 5.64. The zero-order valence-electron chi connectivity index (χ0n) is 10.7. The van der Waals surface area contributed by atoms with Crippen LogP contribution in [0.5, 0.6) is 6.01 Å². The molecule has 0 saturated heterocycles. The molecule has 0 aromatic carbocycles. The van der Waals surface area contributed by atoms with Crippen LogP contribution in [-0.4, -0.2) is 40.6 Å². The summed E-state index contributed by atoms with van der Waals surface area (Å²) in [6.07, 6.45) is 0.199. The summed E-state index contributed by atoms with van der Waals surface area (Å²) in [6, 6.07) is 0.0406. The van der Waals surface area contributed by atoms with Gasteiger partial charge >= 0.3 is 6.01 Å². The van der Waals surface area contributed by atoms with Crippen molar-refractivity contribution in [1.82, 2.24) is 15.0 Å². The van der Waals surface area contributed by atoms with Crippen LogP contribution >= 0.6 is 0 Å². The van der Waals surface area contributed by atoms with Crippen molar-refractivity contribution in [1.29, 1.82) is 0 Å². The number of hydrogen-bond acceptors (Lipinski definition) is 7. The summed E-state index contributed by atoms with van der Waals surface area (Å²) in [6.45, 7) is 4.43. The third kappa shape index (κ3) is 4.40. The molecule has 0 aliphatic carbocycles. The maximum absolute atomic E-state index is 10.8. The number of nitrogens with one attached hydrogen (secondary N) is 2. The quantitative estimate of drug-likeness (QED) is 0.626. The molecule has 0 saturated carbocycles. The molecule has 100 valence electrons. The van der Waals surface area contributed by atoms with E-state index >= 15 is 0 Å². The van der Waals surface area contributed by atoms with Gasteiger partial charge in [-0.15, -0.1) is 0 Å². The summed E-state index contributed by atoms with van der Waals surface area (Å²) >= 11 is 0. The van der Waals surface area contributed by atoms with Gasteiger partial charge in [-0.05, 0) is 13.8 Å². The van der Waals surface area contributed by atoms with Crippen molar-refractivity contribution in [2.24, 2.45) is 5.73 Å². The molecule has 1 heterocycles. The van der Waals surface area contributed by atoms with Gasteiger partial charge in [0, 0.05) is 19.0 Å².